The Hall–Kier alpha value is -3.15. The van der Waals surface area contributed by atoms with Gasteiger partial charge in [0.15, 0.2) is 0 Å². The number of carbonyl (C=O) groups excluding carboxylic acids is 1. The number of pyridine rings is 1. The molecule has 114 valence electrons. The van der Waals surface area contributed by atoms with Crippen molar-refractivity contribution in [2.75, 3.05) is 17.2 Å². The average molecular weight is 305 g/mol. The second kappa shape index (κ2) is 5.24. The van der Waals surface area contributed by atoms with Crippen LogP contribution in [0.2, 0.25) is 0 Å². The Morgan fingerprint density at radius 3 is 2.87 bits per heavy atom. The molecule has 23 heavy (non-hydrogen) atoms. The molecule has 3 N–H and O–H groups in total. The third-order valence-corrected chi connectivity index (χ3v) is 4.04. The first-order chi connectivity index (χ1) is 11.2. The minimum Gasteiger partial charge on any atom is -0.399 e. The van der Waals surface area contributed by atoms with E-state index in [0.29, 0.717) is 23.6 Å². The molecule has 3 heterocycles. The van der Waals surface area contributed by atoms with Gasteiger partial charge in [0.2, 0.25) is 0 Å². The minimum atomic E-state index is -0.0805. The number of aromatic nitrogens is 3. The summed E-state index contributed by atoms with van der Waals surface area (Å²) in [7, 11) is 0. The van der Waals surface area contributed by atoms with Gasteiger partial charge in [0.05, 0.1) is 11.9 Å². The highest BCUT2D eigenvalue weighted by atomic mass is 16.2. The Kier molecular flexibility index (Phi) is 3.08. The number of nitrogens with two attached hydrogens (primary N) is 1. The molecule has 0 unspecified atom stereocenters. The summed E-state index contributed by atoms with van der Waals surface area (Å²) < 4.78 is 0. The first-order valence-electron chi connectivity index (χ1n) is 7.39. The van der Waals surface area contributed by atoms with Crippen molar-refractivity contribution in [1.82, 2.24) is 15.2 Å². The molecule has 0 radical (unpaired) electrons. The van der Waals surface area contributed by atoms with Crippen molar-refractivity contribution in [2.45, 2.75) is 6.42 Å². The fourth-order valence-electron chi connectivity index (χ4n) is 2.86. The molecular weight excluding hydrogens is 290 g/mol. The third-order valence-electron chi connectivity index (χ3n) is 4.04. The molecule has 3 aromatic rings. The van der Waals surface area contributed by atoms with Gasteiger partial charge in [-0.25, -0.2) is 4.98 Å². The smallest absolute Gasteiger partial charge is 0.259 e. The number of nitrogen functional groups attached to an aromatic ring is 1. The number of nitrogens with zero attached hydrogens (tertiary/aromatic N) is 3. The fourth-order valence-corrected chi connectivity index (χ4v) is 2.86. The number of amides is 1. The number of rotatable bonds is 1. The summed E-state index contributed by atoms with van der Waals surface area (Å²) in [4.78, 5) is 19.1. The monoisotopic (exact) mass is 305 g/mol. The zero-order chi connectivity index (χ0) is 15.8. The first-order valence-corrected chi connectivity index (χ1v) is 7.39. The number of hydrogen-bond donors (Lipinski definition) is 2. The van der Waals surface area contributed by atoms with Crippen LogP contribution < -0.4 is 10.6 Å². The van der Waals surface area contributed by atoms with Crippen molar-refractivity contribution in [3.63, 3.8) is 0 Å². The summed E-state index contributed by atoms with van der Waals surface area (Å²) in [5.74, 6) is 0.570. The lowest BCUT2D eigenvalue weighted by Crippen LogP contribution is -2.33. The van der Waals surface area contributed by atoms with Gasteiger partial charge in [-0.05, 0) is 48.4 Å². The molecule has 1 aliphatic heterocycles. The van der Waals surface area contributed by atoms with Crippen LogP contribution >= 0.6 is 0 Å². The van der Waals surface area contributed by atoms with Crippen molar-refractivity contribution < 1.29 is 4.79 Å². The molecule has 1 amide bonds. The normalized spacial score (nSPS) is 13.1. The van der Waals surface area contributed by atoms with Gasteiger partial charge in [-0.2, -0.15) is 5.10 Å². The highest BCUT2D eigenvalue weighted by Gasteiger charge is 2.26. The molecule has 0 saturated carbocycles. The summed E-state index contributed by atoms with van der Waals surface area (Å²) in [5.41, 5.74) is 9.85. The molecule has 0 fully saturated rings. The van der Waals surface area contributed by atoms with E-state index in [2.05, 4.69) is 15.2 Å². The van der Waals surface area contributed by atoms with E-state index < -0.39 is 0 Å². The number of H-pyrrole nitrogens is 1. The summed E-state index contributed by atoms with van der Waals surface area (Å²) >= 11 is 0. The molecule has 1 aromatic carbocycles. The van der Waals surface area contributed by atoms with Crippen molar-refractivity contribution in [1.29, 1.82) is 0 Å². The van der Waals surface area contributed by atoms with Crippen LogP contribution in [0, 0.1) is 0 Å². The average Bonchev–Trinajstić information content (AvgIpc) is 2.98. The molecule has 4 rings (SSSR count). The van der Waals surface area contributed by atoms with Crippen LogP contribution in [0.5, 0.6) is 0 Å². The van der Waals surface area contributed by atoms with Gasteiger partial charge in [-0.1, -0.05) is 0 Å². The van der Waals surface area contributed by atoms with E-state index in [1.807, 2.05) is 18.3 Å². The molecule has 0 aliphatic carbocycles. The van der Waals surface area contributed by atoms with Crippen LogP contribution in [-0.4, -0.2) is 27.6 Å². The zero-order valence-electron chi connectivity index (χ0n) is 12.4. The Bertz CT molecular complexity index is 869. The molecule has 0 spiro atoms. The molecule has 0 saturated heterocycles. The number of aromatic amines is 1. The number of fused-ring (bicyclic) bond motifs is 3. The van der Waals surface area contributed by atoms with Crippen LogP contribution in [-0.2, 0) is 6.42 Å². The SMILES string of the molecule is Nc1ccc(C(=O)N2CCc3cn[nH]c3-c3cccnc32)cc1. The Morgan fingerprint density at radius 1 is 1.22 bits per heavy atom. The molecule has 0 atom stereocenters. The van der Waals surface area contributed by atoms with Crippen LogP contribution in [0.25, 0.3) is 11.3 Å². The largest absolute Gasteiger partial charge is 0.399 e. The Labute approximate surface area is 133 Å². The summed E-state index contributed by atoms with van der Waals surface area (Å²) in [6.45, 7) is 0.555. The molecule has 1 aliphatic rings. The summed E-state index contributed by atoms with van der Waals surface area (Å²) in [6.07, 6.45) is 4.23. The topological polar surface area (TPSA) is 87.9 Å². The van der Waals surface area contributed by atoms with Gasteiger partial charge in [0.25, 0.3) is 5.91 Å². The van der Waals surface area contributed by atoms with Gasteiger partial charge in [0.1, 0.15) is 5.82 Å². The van der Waals surface area contributed by atoms with Crippen LogP contribution in [0.4, 0.5) is 11.5 Å². The Balaban J connectivity index is 1.80. The highest BCUT2D eigenvalue weighted by Crippen LogP contribution is 2.33. The van der Waals surface area contributed by atoms with Crippen molar-refractivity contribution >= 4 is 17.4 Å². The van der Waals surface area contributed by atoms with Gasteiger partial charge in [-0.3, -0.25) is 14.8 Å². The molecule has 6 nitrogen and oxygen atoms in total. The van der Waals surface area contributed by atoms with E-state index in [0.717, 1.165) is 23.2 Å². The number of hydrogen-bond acceptors (Lipinski definition) is 4. The minimum absolute atomic E-state index is 0.0805. The standard InChI is InChI=1S/C17H15N5O/c18-13-5-3-11(4-6-13)17(23)22-9-7-12-10-20-21-15(12)14-2-1-8-19-16(14)22/h1-6,8,10H,7,9,18H2,(H,20,21). The number of carbonyl (C=O) groups is 1. The van der Waals surface area contributed by atoms with E-state index in [-0.39, 0.29) is 5.91 Å². The van der Waals surface area contributed by atoms with E-state index in [9.17, 15) is 4.79 Å². The van der Waals surface area contributed by atoms with E-state index in [4.69, 9.17) is 5.73 Å². The number of benzene rings is 1. The van der Waals surface area contributed by atoms with E-state index >= 15 is 0 Å². The summed E-state index contributed by atoms with van der Waals surface area (Å²) in [5, 5.41) is 7.13. The van der Waals surface area contributed by atoms with Crippen LogP contribution in [0.3, 0.4) is 0 Å². The van der Waals surface area contributed by atoms with Gasteiger partial charge < -0.3 is 5.73 Å². The van der Waals surface area contributed by atoms with Crippen LogP contribution in [0.15, 0.2) is 48.8 Å². The van der Waals surface area contributed by atoms with Gasteiger partial charge >= 0.3 is 0 Å². The molecular formula is C17H15N5O. The van der Waals surface area contributed by atoms with E-state index in [1.165, 1.54) is 0 Å². The zero-order valence-corrected chi connectivity index (χ0v) is 12.4. The first kappa shape index (κ1) is 13.5. The maximum Gasteiger partial charge on any atom is 0.259 e. The molecule has 2 aromatic heterocycles. The number of anilines is 2. The lowest BCUT2D eigenvalue weighted by Gasteiger charge is -2.21. The molecule has 0 bridgehead atoms. The van der Waals surface area contributed by atoms with Gasteiger partial charge in [-0.15, -0.1) is 0 Å². The Morgan fingerprint density at radius 2 is 2.04 bits per heavy atom. The summed E-state index contributed by atoms with van der Waals surface area (Å²) in [6, 6.07) is 10.8. The maximum absolute atomic E-state index is 12.9. The van der Waals surface area contributed by atoms with Gasteiger partial charge in [0, 0.05) is 29.6 Å². The third kappa shape index (κ3) is 2.24. The second-order valence-electron chi connectivity index (χ2n) is 5.47. The van der Waals surface area contributed by atoms with E-state index in [1.54, 1.807) is 35.4 Å². The lowest BCUT2D eigenvalue weighted by molar-refractivity contribution is 0.0986. The number of nitrogens with one attached hydrogen (secondary N) is 1. The van der Waals surface area contributed by atoms with Crippen molar-refractivity contribution in [2.24, 2.45) is 0 Å². The fraction of sp³-hybridized carbons (Fsp3) is 0.118. The van der Waals surface area contributed by atoms with Crippen LogP contribution in [0.1, 0.15) is 15.9 Å². The maximum atomic E-state index is 12.9. The second-order valence-corrected chi connectivity index (χ2v) is 5.47. The predicted molar refractivity (Wildman–Crippen MR) is 88.1 cm³/mol. The lowest BCUT2D eigenvalue weighted by atomic mass is 10.1. The van der Waals surface area contributed by atoms with Crippen molar-refractivity contribution in [3.8, 4) is 11.3 Å². The van der Waals surface area contributed by atoms with Crippen molar-refractivity contribution in [3.05, 3.63) is 59.9 Å². The highest BCUT2D eigenvalue weighted by molar-refractivity contribution is 6.07. The quantitative estimate of drug-likeness (QED) is 0.675. The predicted octanol–water partition coefficient (Wildman–Crippen LogP) is 2.26. The molecule has 6 heteroatoms.